The number of benzene rings is 2. The van der Waals surface area contributed by atoms with Crippen LogP contribution in [0.5, 0.6) is 5.75 Å². The number of carbonyl (C=O) groups excluding carboxylic acids is 2. The van der Waals surface area contributed by atoms with Gasteiger partial charge >= 0.3 is 6.03 Å². The Labute approximate surface area is 211 Å². The number of imide groups is 1. The van der Waals surface area contributed by atoms with E-state index in [1.807, 2.05) is 55.6 Å². The van der Waals surface area contributed by atoms with Crippen LogP contribution in [-0.2, 0) is 17.8 Å². The smallest absolute Gasteiger partial charge is 0.325 e. The Morgan fingerprint density at radius 3 is 2.47 bits per heavy atom. The number of hydrogen-bond donors (Lipinski definition) is 2. The van der Waals surface area contributed by atoms with Crippen molar-refractivity contribution in [3.8, 4) is 17.0 Å². The summed E-state index contributed by atoms with van der Waals surface area (Å²) < 4.78 is 5.20. The van der Waals surface area contributed by atoms with Crippen LogP contribution in [0.2, 0.25) is 0 Å². The summed E-state index contributed by atoms with van der Waals surface area (Å²) in [5.41, 5.74) is 3.55. The fourth-order valence-corrected chi connectivity index (χ4v) is 5.42. The highest BCUT2D eigenvalue weighted by Crippen LogP contribution is 2.34. The first kappa shape index (κ1) is 24.1. The van der Waals surface area contributed by atoms with E-state index in [4.69, 9.17) is 4.74 Å². The fraction of sp³-hybridized carbons (Fsp3) is 0.393. The number of aromatic amines is 1. The molecule has 2 aromatic carbocycles. The van der Waals surface area contributed by atoms with Gasteiger partial charge in [0.1, 0.15) is 11.3 Å². The number of aromatic nitrogens is 2. The third kappa shape index (κ3) is 4.73. The van der Waals surface area contributed by atoms with Gasteiger partial charge in [0.05, 0.1) is 19.0 Å². The standard InChI is InChI=1S/C28H33N5O3/c1-28(26(34)33(27(35)30-28)17-12-20-8-10-24(36-2)11-9-20)23-13-15-32(16-14-23)19-22-18-29-31-25(22)21-6-4-3-5-7-21/h3-11,18,23H,12-17,19H2,1-2H3,(H,29,31)(H,30,35)/t28-/m0/s1. The first-order valence-corrected chi connectivity index (χ1v) is 12.5. The van der Waals surface area contributed by atoms with Gasteiger partial charge in [-0.15, -0.1) is 0 Å². The number of nitrogens with zero attached hydrogens (tertiary/aromatic N) is 3. The average Bonchev–Trinajstić information content (AvgIpc) is 3.46. The van der Waals surface area contributed by atoms with Crippen molar-refractivity contribution in [2.75, 3.05) is 26.7 Å². The molecule has 8 heteroatoms. The molecule has 0 radical (unpaired) electrons. The van der Waals surface area contributed by atoms with E-state index in [9.17, 15) is 9.59 Å². The molecule has 0 saturated carbocycles. The summed E-state index contributed by atoms with van der Waals surface area (Å²) in [4.78, 5) is 29.9. The number of amides is 3. The molecule has 8 nitrogen and oxygen atoms in total. The number of likely N-dealkylation sites (tertiary alicyclic amines) is 1. The summed E-state index contributed by atoms with van der Waals surface area (Å²) in [5.74, 6) is 0.784. The molecule has 0 spiro atoms. The van der Waals surface area contributed by atoms with Crippen LogP contribution < -0.4 is 10.1 Å². The quantitative estimate of drug-likeness (QED) is 0.471. The van der Waals surface area contributed by atoms with Gasteiger partial charge in [-0.2, -0.15) is 5.10 Å². The van der Waals surface area contributed by atoms with E-state index < -0.39 is 5.54 Å². The molecular weight excluding hydrogens is 454 g/mol. The van der Waals surface area contributed by atoms with Crippen molar-refractivity contribution in [1.82, 2.24) is 25.3 Å². The summed E-state index contributed by atoms with van der Waals surface area (Å²) in [5, 5.41) is 10.4. The predicted octanol–water partition coefficient (Wildman–Crippen LogP) is 3.85. The second kappa shape index (κ2) is 10.1. The number of nitrogens with one attached hydrogen (secondary N) is 2. The Bertz CT molecular complexity index is 1200. The van der Waals surface area contributed by atoms with E-state index in [1.54, 1.807) is 7.11 Å². The fourth-order valence-electron chi connectivity index (χ4n) is 5.42. The first-order valence-electron chi connectivity index (χ1n) is 12.5. The zero-order valence-electron chi connectivity index (χ0n) is 20.9. The van der Waals surface area contributed by atoms with Crippen molar-refractivity contribution in [1.29, 1.82) is 0 Å². The summed E-state index contributed by atoms with van der Waals surface area (Å²) in [6, 6.07) is 17.7. The molecule has 2 saturated heterocycles. The van der Waals surface area contributed by atoms with Crippen LogP contribution in [0.15, 0.2) is 60.8 Å². The van der Waals surface area contributed by atoms with E-state index in [0.29, 0.717) is 13.0 Å². The molecule has 2 N–H and O–H groups in total. The number of methoxy groups -OCH3 is 1. The van der Waals surface area contributed by atoms with E-state index in [-0.39, 0.29) is 17.9 Å². The summed E-state index contributed by atoms with van der Waals surface area (Å²) in [7, 11) is 1.63. The molecule has 1 aromatic heterocycles. The highest BCUT2D eigenvalue weighted by atomic mass is 16.5. The molecule has 3 heterocycles. The lowest BCUT2D eigenvalue weighted by atomic mass is 9.79. The third-order valence-corrected chi connectivity index (χ3v) is 7.66. The maximum atomic E-state index is 13.4. The highest BCUT2D eigenvalue weighted by Gasteiger charge is 2.52. The van der Waals surface area contributed by atoms with Gasteiger partial charge in [-0.3, -0.25) is 19.7 Å². The number of ether oxygens (including phenoxy) is 1. The largest absolute Gasteiger partial charge is 0.497 e. The zero-order valence-corrected chi connectivity index (χ0v) is 20.9. The van der Waals surface area contributed by atoms with Gasteiger partial charge in [-0.1, -0.05) is 42.5 Å². The van der Waals surface area contributed by atoms with Crippen LogP contribution in [0.1, 0.15) is 30.9 Å². The van der Waals surface area contributed by atoms with E-state index in [1.165, 1.54) is 10.5 Å². The van der Waals surface area contributed by atoms with Crippen LogP contribution >= 0.6 is 0 Å². The van der Waals surface area contributed by atoms with E-state index >= 15 is 0 Å². The van der Waals surface area contributed by atoms with Gasteiger partial charge in [0.2, 0.25) is 0 Å². The Hall–Kier alpha value is -3.65. The highest BCUT2D eigenvalue weighted by molar-refractivity contribution is 6.07. The maximum absolute atomic E-state index is 13.4. The van der Waals surface area contributed by atoms with Crippen LogP contribution in [0.3, 0.4) is 0 Å². The van der Waals surface area contributed by atoms with Crippen molar-refractivity contribution in [3.63, 3.8) is 0 Å². The Kier molecular flexibility index (Phi) is 6.78. The van der Waals surface area contributed by atoms with Gasteiger partial charge in [-0.25, -0.2) is 4.79 Å². The van der Waals surface area contributed by atoms with Crippen molar-refractivity contribution in [2.45, 2.75) is 38.3 Å². The number of H-pyrrole nitrogens is 1. The lowest BCUT2D eigenvalue weighted by Crippen LogP contribution is -2.53. The molecule has 5 rings (SSSR count). The number of hydrogen-bond acceptors (Lipinski definition) is 5. The number of piperidine rings is 1. The van der Waals surface area contributed by atoms with Gasteiger partial charge in [0.15, 0.2) is 0 Å². The van der Waals surface area contributed by atoms with Gasteiger partial charge in [-0.05, 0) is 68.5 Å². The van der Waals surface area contributed by atoms with Crippen LogP contribution in [-0.4, -0.2) is 64.2 Å². The molecule has 36 heavy (non-hydrogen) atoms. The second-order valence-electron chi connectivity index (χ2n) is 9.87. The molecule has 0 bridgehead atoms. The average molecular weight is 488 g/mol. The van der Waals surface area contributed by atoms with Crippen LogP contribution in [0.25, 0.3) is 11.3 Å². The molecular formula is C28H33N5O3. The Balaban J connectivity index is 1.18. The molecule has 2 fully saturated rings. The lowest BCUT2D eigenvalue weighted by molar-refractivity contribution is -0.133. The van der Waals surface area contributed by atoms with E-state index in [0.717, 1.165) is 55.0 Å². The monoisotopic (exact) mass is 487 g/mol. The minimum Gasteiger partial charge on any atom is -0.497 e. The predicted molar refractivity (Wildman–Crippen MR) is 137 cm³/mol. The second-order valence-corrected chi connectivity index (χ2v) is 9.87. The van der Waals surface area contributed by atoms with Crippen molar-refractivity contribution in [2.24, 2.45) is 5.92 Å². The molecule has 188 valence electrons. The lowest BCUT2D eigenvalue weighted by Gasteiger charge is -2.38. The summed E-state index contributed by atoms with van der Waals surface area (Å²) >= 11 is 0. The third-order valence-electron chi connectivity index (χ3n) is 7.66. The molecule has 0 aliphatic carbocycles. The molecule has 1 atom stereocenters. The normalized spacial score (nSPS) is 21.1. The molecule has 0 unspecified atom stereocenters. The summed E-state index contributed by atoms with van der Waals surface area (Å²) in [6.45, 7) is 4.81. The number of urea groups is 1. The zero-order chi connectivity index (χ0) is 25.1. The SMILES string of the molecule is COc1ccc(CCN2C(=O)N[C@@](C)(C3CCN(Cc4cn[nH]c4-c4ccccc4)CC3)C2=O)cc1. The molecule has 3 aromatic rings. The van der Waals surface area contributed by atoms with Gasteiger partial charge in [0, 0.05) is 18.7 Å². The minimum atomic E-state index is -0.853. The van der Waals surface area contributed by atoms with Crippen molar-refractivity contribution >= 4 is 11.9 Å². The van der Waals surface area contributed by atoms with Crippen molar-refractivity contribution < 1.29 is 14.3 Å². The van der Waals surface area contributed by atoms with Crippen LogP contribution in [0.4, 0.5) is 4.79 Å². The Morgan fingerprint density at radius 1 is 1.06 bits per heavy atom. The minimum absolute atomic E-state index is 0.106. The number of rotatable bonds is 8. The van der Waals surface area contributed by atoms with Gasteiger partial charge in [0.25, 0.3) is 5.91 Å². The maximum Gasteiger partial charge on any atom is 0.325 e. The molecule has 2 aliphatic rings. The number of carbonyl (C=O) groups is 2. The molecule has 2 aliphatic heterocycles. The Morgan fingerprint density at radius 2 is 1.78 bits per heavy atom. The van der Waals surface area contributed by atoms with Crippen LogP contribution in [0, 0.1) is 5.92 Å². The molecule has 3 amide bonds. The topological polar surface area (TPSA) is 90.6 Å². The van der Waals surface area contributed by atoms with E-state index in [2.05, 4.69) is 32.5 Å². The van der Waals surface area contributed by atoms with Crippen molar-refractivity contribution in [3.05, 3.63) is 71.9 Å². The summed E-state index contributed by atoms with van der Waals surface area (Å²) in [6.07, 6.45) is 4.23. The first-order chi connectivity index (χ1) is 17.5. The van der Waals surface area contributed by atoms with Gasteiger partial charge < -0.3 is 10.1 Å².